The molecule has 0 aliphatic heterocycles. The van der Waals surface area contributed by atoms with E-state index in [1.807, 2.05) is 12.1 Å². The zero-order valence-electron chi connectivity index (χ0n) is 9.95. The molecule has 0 fully saturated rings. The van der Waals surface area contributed by atoms with E-state index in [-0.39, 0.29) is 5.28 Å². The number of hydrogen-bond donors (Lipinski definition) is 1. The molecule has 1 N–H and O–H groups in total. The van der Waals surface area contributed by atoms with Crippen molar-refractivity contribution >= 4 is 40.6 Å². The second-order valence-corrected chi connectivity index (χ2v) is 4.76. The van der Waals surface area contributed by atoms with Crippen molar-refractivity contribution in [3.63, 3.8) is 0 Å². The number of ether oxygens (including phenoxy) is 1. The van der Waals surface area contributed by atoms with Gasteiger partial charge in [0.2, 0.25) is 5.28 Å². The lowest BCUT2D eigenvalue weighted by atomic mass is 10.2. The fourth-order valence-corrected chi connectivity index (χ4v) is 2.07. The predicted molar refractivity (Wildman–Crippen MR) is 77.4 cm³/mol. The maximum absolute atomic E-state index is 6.13. The third-order valence-corrected chi connectivity index (χ3v) is 3.26. The molecule has 0 saturated carbocycles. The maximum atomic E-state index is 6.13. The highest BCUT2D eigenvalue weighted by Gasteiger charge is 2.09. The minimum absolute atomic E-state index is 0.123. The summed E-state index contributed by atoms with van der Waals surface area (Å²) in [5, 5.41) is 4.16. The van der Waals surface area contributed by atoms with Gasteiger partial charge in [-0.3, -0.25) is 0 Å². The van der Waals surface area contributed by atoms with Crippen molar-refractivity contribution in [3.05, 3.63) is 45.3 Å². The number of rotatable bonds is 4. The molecular weight excluding hydrogens is 309 g/mol. The Labute approximate surface area is 125 Å². The molecule has 0 atom stereocenters. The first-order valence-electron chi connectivity index (χ1n) is 5.35. The van der Waals surface area contributed by atoms with Crippen LogP contribution in [0.15, 0.2) is 24.4 Å². The van der Waals surface area contributed by atoms with Crippen molar-refractivity contribution in [2.24, 2.45) is 0 Å². The van der Waals surface area contributed by atoms with Gasteiger partial charge in [0, 0.05) is 17.1 Å². The molecule has 7 heteroatoms. The highest BCUT2D eigenvalue weighted by Crippen LogP contribution is 2.28. The maximum Gasteiger partial charge on any atom is 0.224 e. The van der Waals surface area contributed by atoms with E-state index in [1.54, 1.807) is 13.2 Å². The van der Waals surface area contributed by atoms with Crippen LogP contribution in [0.5, 0.6) is 5.75 Å². The molecule has 0 aliphatic carbocycles. The van der Waals surface area contributed by atoms with Crippen LogP contribution in [0.1, 0.15) is 5.56 Å². The van der Waals surface area contributed by atoms with Gasteiger partial charge >= 0.3 is 0 Å². The summed E-state index contributed by atoms with van der Waals surface area (Å²) in [6, 6.07) is 5.44. The predicted octanol–water partition coefficient (Wildman–Crippen LogP) is 4.06. The first kappa shape index (κ1) is 14.2. The third-order valence-electron chi connectivity index (χ3n) is 2.44. The van der Waals surface area contributed by atoms with Gasteiger partial charge in [0.1, 0.15) is 16.6 Å². The first-order valence-corrected chi connectivity index (χ1v) is 6.48. The molecule has 1 aromatic carbocycles. The molecule has 0 radical (unpaired) electrons. The van der Waals surface area contributed by atoms with E-state index in [0.717, 1.165) is 5.56 Å². The first-order chi connectivity index (χ1) is 9.11. The highest BCUT2D eigenvalue weighted by atomic mass is 35.5. The van der Waals surface area contributed by atoms with E-state index in [0.29, 0.717) is 28.2 Å². The number of methoxy groups -OCH3 is 1. The van der Waals surface area contributed by atoms with Gasteiger partial charge in [-0.2, -0.15) is 4.98 Å². The van der Waals surface area contributed by atoms with E-state index in [1.165, 1.54) is 6.20 Å². The molecule has 1 aromatic heterocycles. The monoisotopic (exact) mass is 317 g/mol. The standard InChI is InChI=1S/C12H10Cl3N3O/c1-19-10-4-2-3-8(13)7(10)5-16-11-9(14)6-17-12(15)18-11/h2-4,6H,5H2,1H3,(H,16,17,18). The van der Waals surface area contributed by atoms with Crippen LogP contribution in [0, 0.1) is 0 Å². The van der Waals surface area contributed by atoms with Crippen molar-refractivity contribution in [1.82, 2.24) is 9.97 Å². The fourth-order valence-electron chi connectivity index (χ4n) is 1.54. The smallest absolute Gasteiger partial charge is 0.224 e. The quantitative estimate of drug-likeness (QED) is 0.864. The fraction of sp³-hybridized carbons (Fsp3) is 0.167. The van der Waals surface area contributed by atoms with Gasteiger partial charge in [-0.05, 0) is 23.7 Å². The average Bonchev–Trinajstić information content (AvgIpc) is 2.40. The molecule has 0 spiro atoms. The Balaban J connectivity index is 2.21. The molecule has 0 aliphatic rings. The molecule has 0 amide bonds. The summed E-state index contributed by atoms with van der Waals surface area (Å²) >= 11 is 17.8. The van der Waals surface area contributed by atoms with Gasteiger partial charge in [-0.25, -0.2) is 4.98 Å². The lowest BCUT2D eigenvalue weighted by Crippen LogP contribution is -2.05. The van der Waals surface area contributed by atoms with Gasteiger partial charge in [0.25, 0.3) is 0 Å². The zero-order chi connectivity index (χ0) is 13.8. The Bertz CT molecular complexity index is 592. The van der Waals surface area contributed by atoms with E-state index in [2.05, 4.69) is 15.3 Å². The minimum atomic E-state index is 0.123. The van der Waals surface area contributed by atoms with Crippen LogP contribution in [-0.4, -0.2) is 17.1 Å². The highest BCUT2D eigenvalue weighted by molar-refractivity contribution is 6.33. The Morgan fingerprint density at radius 2 is 2.00 bits per heavy atom. The molecule has 1 heterocycles. The molecule has 19 heavy (non-hydrogen) atoms. The van der Waals surface area contributed by atoms with Crippen molar-refractivity contribution in [1.29, 1.82) is 0 Å². The topological polar surface area (TPSA) is 47.0 Å². The molecule has 0 bridgehead atoms. The minimum Gasteiger partial charge on any atom is -0.496 e. The van der Waals surface area contributed by atoms with Crippen LogP contribution in [0.25, 0.3) is 0 Å². The van der Waals surface area contributed by atoms with E-state index >= 15 is 0 Å². The lowest BCUT2D eigenvalue weighted by molar-refractivity contribution is 0.410. The van der Waals surface area contributed by atoms with Crippen molar-refractivity contribution < 1.29 is 4.74 Å². The van der Waals surface area contributed by atoms with Crippen molar-refractivity contribution in [3.8, 4) is 5.75 Å². The average molecular weight is 319 g/mol. The number of nitrogens with zero attached hydrogens (tertiary/aromatic N) is 2. The summed E-state index contributed by atoms with van der Waals surface area (Å²) in [6.45, 7) is 0.413. The van der Waals surface area contributed by atoms with E-state index in [4.69, 9.17) is 39.5 Å². The number of halogens is 3. The summed E-state index contributed by atoms with van der Waals surface area (Å²) in [7, 11) is 1.59. The van der Waals surface area contributed by atoms with Crippen LogP contribution in [0.2, 0.25) is 15.3 Å². The molecule has 0 saturated heterocycles. The SMILES string of the molecule is COc1cccc(Cl)c1CNc1nc(Cl)ncc1Cl. The third kappa shape index (κ3) is 3.41. The van der Waals surface area contributed by atoms with Gasteiger partial charge in [0.05, 0.1) is 13.3 Å². The van der Waals surface area contributed by atoms with Gasteiger partial charge in [0.15, 0.2) is 0 Å². The summed E-state index contributed by atoms with van der Waals surface area (Å²) in [4.78, 5) is 7.78. The molecule has 100 valence electrons. The van der Waals surface area contributed by atoms with Gasteiger partial charge in [-0.15, -0.1) is 0 Å². The number of aromatic nitrogens is 2. The summed E-state index contributed by atoms with van der Waals surface area (Å²) in [5.74, 6) is 1.14. The van der Waals surface area contributed by atoms with Crippen LogP contribution >= 0.6 is 34.8 Å². The van der Waals surface area contributed by atoms with Crippen LogP contribution in [0.3, 0.4) is 0 Å². The summed E-state index contributed by atoms with van der Waals surface area (Å²) < 4.78 is 5.25. The Hall–Kier alpha value is -1.23. The Morgan fingerprint density at radius 1 is 1.21 bits per heavy atom. The number of anilines is 1. The molecule has 4 nitrogen and oxygen atoms in total. The van der Waals surface area contributed by atoms with E-state index in [9.17, 15) is 0 Å². The van der Waals surface area contributed by atoms with Crippen LogP contribution in [0.4, 0.5) is 5.82 Å². The van der Waals surface area contributed by atoms with E-state index < -0.39 is 0 Å². The van der Waals surface area contributed by atoms with Crippen molar-refractivity contribution in [2.75, 3.05) is 12.4 Å². The normalized spacial score (nSPS) is 10.3. The second-order valence-electron chi connectivity index (χ2n) is 3.61. The lowest BCUT2D eigenvalue weighted by Gasteiger charge is -2.12. The van der Waals surface area contributed by atoms with Crippen LogP contribution in [-0.2, 0) is 6.54 Å². The van der Waals surface area contributed by atoms with Gasteiger partial charge in [-0.1, -0.05) is 29.3 Å². The summed E-state index contributed by atoms with van der Waals surface area (Å²) in [6.07, 6.45) is 1.43. The van der Waals surface area contributed by atoms with Gasteiger partial charge < -0.3 is 10.1 Å². The molecule has 2 rings (SSSR count). The largest absolute Gasteiger partial charge is 0.496 e. The Morgan fingerprint density at radius 3 is 2.74 bits per heavy atom. The molecular formula is C12H10Cl3N3O. The second kappa shape index (κ2) is 6.28. The molecule has 0 unspecified atom stereocenters. The summed E-state index contributed by atoms with van der Waals surface area (Å²) in [5.41, 5.74) is 0.817. The molecule has 2 aromatic rings. The number of hydrogen-bond acceptors (Lipinski definition) is 4. The van der Waals surface area contributed by atoms with Crippen LogP contribution < -0.4 is 10.1 Å². The zero-order valence-corrected chi connectivity index (χ0v) is 12.2. The Kier molecular flexibility index (Phi) is 4.69. The number of nitrogens with one attached hydrogen (secondary N) is 1. The number of benzene rings is 1. The van der Waals surface area contributed by atoms with Crippen molar-refractivity contribution in [2.45, 2.75) is 6.54 Å².